The maximum Gasteiger partial charge on any atom is 0.330 e. The lowest BCUT2D eigenvalue weighted by Gasteiger charge is -2.17. The molecule has 0 fully saturated rings. The van der Waals surface area contributed by atoms with E-state index >= 15 is 0 Å². The number of rotatable bonds is 9. The maximum atomic E-state index is 11.7. The summed E-state index contributed by atoms with van der Waals surface area (Å²) in [5, 5.41) is 9.75. The zero-order valence-electron chi connectivity index (χ0n) is 14.2. The number of hydrogen-bond acceptors (Lipinski definition) is 6. The van der Waals surface area contributed by atoms with Crippen molar-refractivity contribution < 1.29 is 28.9 Å². The molecule has 1 rings (SSSR count). The molecule has 1 aromatic carbocycles. The molecule has 0 bridgehead atoms. The number of methoxy groups -OCH3 is 1. The summed E-state index contributed by atoms with van der Waals surface area (Å²) in [6, 6.07) is 9.51. The molecule has 0 aliphatic carbocycles. The van der Waals surface area contributed by atoms with Gasteiger partial charge in [-0.1, -0.05) is 30.3 Å². The summed E-state index contributed by atoms with van der Waals surface area (Å²) >= 11 is 0. The van der Waals surface area contributed by atoms with Crippen LogP contribution in [-0.4, -0.2) is 42.5 Å². The summed E-state index contributed by atoms with van der Waals surface area (Å²) in [6.45, 7) is 3.49. The Balaban J connectivity index is 2.49. The van der Waals surface area contributed by atoms with Gasteiger partial charge in [-0.05, 0) is 25.5 Å². The molecule has 0 radical (unpaired) electrons. The molecule has 0 saturated carbocycles. The van der Waals surface area contributed by atoms with Gasteiger partial charge in [0, 0.05) is 6.08 Å². The molecule has 1 N–H and O–H groups in total. The van der Waals surface area contributed by atoms with Crippen molar-refractivity contribution in [3.63, 3.8) is 0 Å². The Kier molecular flexibility index (Phi) is 8.75. The van der Waals surface area contributed by atoms with E-state index < -0.39 is 30.3 Å². The highest BCUT2D eigenvalue weighted by molar-refractivity contribution is 5.82. The van der Waals surface area contributed by atoms with Crippen molar-refractivity contribution >= 4 is 11.9 Å². The van der Waals surface area contributed by atoms with E-state index in [9.17, 15) is 14.7 Å². The number of ether oxygens (including phenoxy) is 3. The van der Waals surface area contributed by atoms with Crippen LogP contribution < -0.4 is 0 Å². The number of carbonyl (C=O) groups excluding carboxylic acids is 2. The zero-order valence-corrected chi connectivity index (χ0v) is 14.2. The first-order valence-corrected chi connectivity index (χ1v) is 7.71. The van der Waals surface area contributed by atoms with E-state index in [1.807, 2.05) is 30.3 Å². The lowest BCUT2D eigenvalue weighted by molar-refractivity contribution is -0.149. The van der Waals surface area contributed by atoms with Gasteiger partial charge in [-0.15, -0.1) is 0 Å². The topological polar surface area (TPSA) is 82.1 Å². The van der Waals surface area contributed by atoms with Gasteiger partial charge in [0.15, 0.2) is 0 Å². The first-order chi connectivity index (χ1) is 11.4. The highest BCUT2D eigenvalue weighted by Crippen LogP contribution is 2.08. The van der Waals surface area contributed by atoms with Crippen molar-refractivity contribution in [2.24, 2.45) is 0 Å². The minimum absolute atomic E-state index is 0.0135. The second kappa shape index (κ2) is 10.6. The first kappa shape index (κ1) is 19.9. The smallest absolute Gasteiger partial charge is 0.330 e. The third-order valence-electron chi connectivity index (χ3n) is 3.18. The van der Waals surface area contributed by atoms with E-state index in [1.165, 1.54) is 19.3 Å². The summed E-state index contributed by atoms with van der Waals surface area (Å²) in [6.07, 6.45) is 0.598. The van der Waals surface area contributed by atoms with Crippen LogP contribution in [0.5, 0.6) is 0 Å². The molecule has 0 aliphatic heterocycles. The van der Waals surface area contributed by atoms with E-state index in [2.05, 4.69) is 4.74 Å². The quantitative estimate of drug-likeness (QED) is 0.549. The second-order valence-electron chi connectivity index (χ2n) is 5.39. The van der Waals surface area contributed by atoms with Crippen molar-refractivity contribution in [3.8, 4) is 0 Å². The van der Waals surface area contributed by atoms with Crippen molar-refractivity contribution in [2.75, 3.05) is 7.11 Å². The molecule has 0 spiro atoms. The molecular formula is C18H24O6. The molecular weight excluding hydrogens is 312 g/mol. The average molecular weight is 336 g/mol. The Bertz CT molecular complexity index is 538. The number of carbonyl (C=O) groups is 2. The standard InChI is InChI=1S/C18H24O6/c1-13(11-18(21)22-3)24-17(20)10-9-16(14(2)19)23-12-15-7-5-4-6-8-15/h4-10,13-14,16,19H,11-12H2,1-3H3/b10-9+/t13-,14+,16-/m1/s1. The Hall–Kier alpha value is -2.18. The molecule has 3 atom stereocenters. The van der Waals surface area contributed by atoms with E-state index in [0.29, 0.717) is 6.61 Å². The summed E-state index contributed by atoms with van der Waals surface area (Å²) in [5.41, 5.74) is 0.964. The molecule has 1 aromatic rings. The highest BCUT2D eigenvalue weighted by atomic mass is 16.6. The van der Waals surface area contributed by atoms with E-state index in [0.717, 1.165) is 5.56 Å². The van der Waals surface area contributed by atoms with Crippen LogP contribution in [-0.2, 0) is 30.4 Å². The fourth-order valence-electron chi connectivity index (χ4n) is 1.89. The molecule has 0 saturated heterocycles. The van der Waals surface area contributed by atoms with Gasteiger partial charge in [0.2, 0.25) is 0 Å². The molecule has 0 aliphatic rings. The Morgan fingerprint density at radius 3 is 2.46 bits per heavy atom. The maximum absolute atomic E-state index is 11.7. The van der Waals surface area contributed by atoms with Crippen LogP contribution in [0.4, 0.5) is 0 Å². The van der Waals surface area contributed by atoms with Crippen LogP contribution in [0.3, 0.4) is 0 Å². The zero-order chi connectivity index (χ0) is 17.9. The molecule has 0 unspecified atom stereocenters. The lowest BCUT2D eigenvalue weighted by atomic mass is 10.2. The van der Waals surface area contributed by atoms with Crippen molar-refractivity contribution in [2.45, 2.75) is 45.2 Å². The highest BCUT2D eigenvalue weighted by Gasteiger charge is 2.15. The third kappa shape index (κ3) is 7.89. The Morgan fingerprint density at radius 1 is 1.21 bits per heavy atom. The van der Waals surface area contributed by atoms with Crippen molar-refractivity contribution in [1.82, 2.24) is 0 Å². The SMILES string of the molecule is COC(=O)C[C@@H](C)OC(=O)/C=C/[C@@H](OCc1ccccc1)[C@H](C)O. The van der Waals surface area contributed by atoms with Gasteiger partial charge in [0.05, 0.1) is 26.2 Å². The van der Waals surface area contributed by atoms with Gasteiger partial charge in [-0.25, -0.2) is 4.79 Å². The van der Waals surface area contributed by atoms with Gasteiger partial charge in [0.25, 0.3) is 0 Å². The van der Waals surface area contributed by atoms with Gasteiger partial charge >= 0.3 is 11.9 Å². The summed E-state index contributed by atoms with van der Waals surface area (Å²) in [5.74, 6) is -1.06. The lowest BCUT2D eigenvalue weighted by Crippen LogP contribution is -2.25. The van der Waals surface area contributed by atoms with Gasteiger partial charge < -0.3 is 19.3 Å². The Morgan fingerprint density at radius 2 is 1.88 bits per heavy atom. The van der Waals surface area contributed by atoms with Gasteiger partial charge in [-0.3, -0.25) is 4.79 Å². The van der Waals surface area contributed by atoms with Crippen LogP contribution in [0.2, 0.25) is 0 Å². The number of aliphatic hydroxyl groups is 1. The summed E-state index contributed by atoms with van der Waals surface area (Å²) < 4.78 is 15.2. The third-order valence-corrected chi connectivity index (χ3v) is 3.18. The van der Waals surface area contributed by atoms with Crippen LogP contribution in [0.15, 0.2) is 42.5 Å². The second-order valence-corrected chi connectivity index (χ2v) is 5.39. The molecule has 132 valence electrons. The van der Waals surface area contributed by atoms with Gasteiger partial charge in [0.1, 0.15) is 12.2 Å². The molecule has 6 heteroatoms. The van der Waals surface area contributed by atoms with Gasteiger partial charge in [-0.2, -0.15) is 0 Å². The predicted octanol–water partition coefficient (Wildman–Crippen LogP) is 2.00. The minimum Gasteiger partial charge on any atom is -0.469 e. The van der Waals surface area contributed by atoms with E-state index in [4.69, 9.17) is 9.47 Å². The molecule has 0 amide bonds. The predicted molar refractivity (Wildman–Crippen MR) is 88.0 cm³/mol. The molecule has 6 nitrogen and oxygen atoms in total. The fourth-order valence-corrected chi connectivity index (χ4v) is 1.89. The Labute approximate surface area is 142 Å². The molecule has 0 aromatic heterocycles. The van der Waals surface area contributed by atoms with E-state index in [-0.39, 0.29) is 6.42 Å². The molecule has 0 heterocycles. The van der Waals surface area contributed by atoms with Crippen LogP contribution in [0.25, 0.3) is 0 Å². The monoisotopic (exact) mass is 336 g/mol. The minimum atomic E-state index is -0.787. The summed E-state index contributed by atoms with van der Waals surface area (Å²) in [4.78, 5) is 22.8. The van der Waals surface area contributed by atoms with Crippen LogP contribution in [0, 0.1) is 0 Å². The number of benzene rings is 1. The number of hydrogen-bond donors (Lipinski definition) is 1. The fraction of sp³-hybridized carbons (Fsp3) is 0.444. The molecule has 24 heavy (non-hydrogen) atoms. The largest absolute Gasteiger partial charge is 0.469 e. The van der Waals surface area contributed by atoms with E-state index in [1.54, 1.807) is 13.8 Å². The first-order valence-electron chi connectivity index (χ1n) is 7.71. The number of aliphatic hydroxyl groups excluding tert-OH is 1. The average Bonchev–Trinajstić information content (AvgIpc) is 2.55. The van der Waals surface area contributed by atoms with Crippen molar-refractivity contribution in [1.29, 1.82) is 0 Å². The van der Waals surface area contributed by atoms with Crippen LogP contribution in [0.1, 0.15) is 25.8 Å². The van der Waals surface area contributed by atoms with Crippen LogP contribution >= 0.6 is 0 Å². The normalized spacial score (nSPS) is 14.8. The van der Waals surface area contributed by atoms with Crippen molar-refractivity contribution in [3.05, 3.63) is 48.0 Å². The summed E-state index contributed by atoms with van der Waals surface area (Å²) in [7, 11) is 1.27. The number of esters is 2.